The van der Waals surface area contributed by atoms with Crippen LogP contribution in [-0.4, -0.2) is 35.4 Å². The minimum atomic E-state index is -0.462. The second-order valence-electron chi connectivity index (χ2n) is 7.04. The molecule has 0 saturated carbocycles. The Morgan fingerprint density at radius 1 is 1.14 bits per heavy atom. The van der Waals surface area contributed by atoms with Gasteiger partial charge in [-0.2, -0.15) is 0 Å². The molecule has 0 saturated heterocycles. The van der Waals surface area contributed by atoms with Crippen LogP contribution in [0.25, 0.3) is 10.9 Å². The number of pyridine rings is 1. The van der Waals surface area contributed by atoms with E-state index in [1.165, 1.54) is 4.90 Å². The van der Waals surface area contributed by atoms with Crippen molar-refractivity contribution in [1.82, 2.24) is 9.88 Å². The molecule has 1 aromatic carbocycles. The van der Waals surface area contributed by atoms with Crippen LogP contribution in [0.3, 0.4) is 0 Å². The van der Waals surface area contributed by atoms with Gasteiger partial charge in [0.05, 0.1) is 23.9 Å². The Hall–Kier alpha value is -3.15. The summed E-state index contributed by atoms with van der Waals surface area (Å²) < 4.78 is 10.7. The topological polar surface area (TPSA) is 72.6 Å². The SMILES string of the molecule is CN(Cc1ccco1)C(=O)COC(=O)c1c2c(nc3ccccc13)CCCC2. The average molecular weight is 378 g/mol. The van der Waals surface area contributed by atoms with E-state index in [1.807, 2.05) is 24.3 Å². The molecule has 28 heavy (non-hydrogen) atoms. The van der Waals surface area contributed by atoms with Crippen molar-refractivity contribution in [2.75, 3.05) is 13.7 Å². The number of nitrogens with zero attached hydrogens (tertiary/aromatic N) is 2. The standard InChI is InChI=1S/C22H22N2O4/c1-24(13-15-7-6-12-27-15)20(25)14-28-22(26)21-16-8-2-4-10-18(16)23-19-11-5-3-9-17(19)21/h2,4,6-8,10,12H,3,5,9,11,13-14H2,1H3. The van der Waals surface area contributed by atoms with E-state index in [9.17, 15) is 9.59 Å². The van der Waals surface area contributed by atoms with Crippen molar-refractivity contribution in [3.05, 3.63) is 65.2 Å². The van der Waals surface area contributed by atoms with Crippen LogP contribution in [-0.2, 0) is 28.9 Å². The number of carbonyl (C=O) groups excluding carboxylic acids is 2. The molecule has 0 atom stereocenters. The Morgan fingerprint density at radius 2 is 1.96 bits per heavy atom. The second-order valence-corrected chi connectivity index (χ2v) is 7.04. The summed E-state index contributed by atoms with van der Waals surface area (Å²) in [5, 5.41) is 0.782. The number of fused-ring (bicyclic) bond motifs is 2. The number of rotatable bonds is 5. The smallest absolute Gasteiger partial charge is 0.339 e. The molecule has 144 valence electrons. The summed E-state index contributed by atoms with van der Waals surface area (Å²) in [5.74, 6) is -0.0650. The van der Waals surface area contributed by atoms with Crippen molar-refractivity contribution in [3.63, 3.8) is 0 Å². The predicted octanol–water partition coefficient (Wildman–Crippen LogP) is 3.52. The number of likely N-dealkylation sites (N-methyl/N-ethyl adjacent to an activating group) is 1. The van der Waals surface area contributed by atoms with Crippen molar-refractivity contribution in [3.8, 4) is 0 Å². The third-order valence-corrected chi connectivity index (χ3v) is 5.10. The highest BCUT2D eigenvalue weighted by molar-refractivity contribution is 6.05. The maximum Gasteiger partial charge on any atom is 0.339 e. The molecular formula is C22H22N2O4. The van der Waals surface area contributed by atoms with Crippen molar-refractivity contribution >= 4 is 22.8 Å². The van der Waals surface area contributed by atoms with Crippen molar-refractivity contribution < 1.29 is 18.7 Å². The van der Waals surface area contributed by atoms with E-state index >= 15 is 0 Å². The number of aryl methyl sites for hydroxylation is 1. The Kier molecular flexibility index (Phi) is 5.10. The Bertz CT molecular complexity index is 1010. The highest BCUT2D eigenvalue weighted by Crippen LogP contribution is 2.29. The molecule has 0 spiro atoms. The second kappa shape index (κ2) is 7.84. The summed E-state index contributed by atoms with van der Waals surface area (Å²) in [5.41, 5.74) is 3.28. The van der Waals surface area contributed by atoms with Gasteiger partial charge in [-0.3, -0.25) is 9.78 Å². The summed E-state index contributed by atoms with van der Waals surface area (Å²) >= 11 is 0. The Labute approximate surface area is 163 Å². The fourth-order valence-electron chi connectivity index (χ4n) is 3.64. The molecule has 6 heteroatoms. The lowest BCUT2D eigenvalue weighted by Crippen LogP contribution is -2.31. The van der Waals surface area contributed by atoms with Crippen molar-refractivity contribution in [2.24, 2.45) is 0 Å². The predicted molar refractivity (Wildman–Crippen MR) is 104 cm³/mol. The fraction of sp³-hybridized carbons (Fsp3) is 0.318. The fourth-order valence-corrected chi connectivity index (χ4v) is 3.64. The van der Waals surface area contributed by atoms with Gasteiger partial charge in [0.1, 0.15) is 5.76 Å². The third kappa shape index (κ3) is 3.63. The van der Waals surface area contributed by atoms with Gasteiger partial charge in [-0.25, -0.2) is 4.79 Å². The number of amides is 1. The van der Waals surface area contributed by atoms with E-state index in [4.69, 9.17) is 14.1 Å². The minimum Gasteiger partial charge on any atom is -0.467 e. The molecule has 0 radical (unpaired) electrons. The van der Waals surface area contributed by atoms with Gasteiger partial charge >= 0.3 is 5.97 Å². The van der Waals surface area contributed by atoms with Gasteiger partial charge < -0.3 is 14.1 Å². The van der Waals surface area contributed by atoms with E-state index in [0.717, 1.165) is 47.8 Å². The first-order valence-corrected chi connectivity index (χ1v) is 9.47. The Morgan fingerprint density at radius 3 is 2.79 bits per heavy atom. The van der Waals surface area contributed by atoms with Gasteiger partial charge in [0.15, 0.2) is 6.61 Å². The molecule has 3 aromatic rings. The van der Waals surface area contributed by atoms with E-state index in [2.05, 4.69) is 0 Å². The molecule has 1 aliphatic carbocycles. The summed E-state index contributed by atoms with van der Waals surface area (Å²) in [6, 6.07) is 11.2. The monoisotopic (exact) mass is 378 g/mol. The summed E-state index contributed by atoms with van der Waals surface area (Å²) in [4.78, 5) is 31.5. The maximum atomic E-state index is 12.9. The van der Waals surface area contributed by atoms with Crippen LogP contribution in [0, 0.1) is 0 Å². The molecule has 2 heterocycles. The molecule has 0 unspecified atom stereocenters. The molecule has 6 nitrogen and oxygen atoms in total. The summed E-state index contributed by atoms with van der Waals surface area (Å²) in [6.07, 6.45) is 5.33. The number of hydrogen-bond acceptors (Lipinski definition) is 5. The zero-order chi connectivity index (χ0) is 19.5. The molecule has 4 rings (SSSR count). The van der Waals surface area contributed by atoms with Gasteiger partial charge in [-0.05, 0) is 49.4 Å². The summed E-state index contributed by atoms with van der Waals surface area (Å²) in [7, 11) is 1.66. The first kappa shape index (κ1) is 18.2. The van der Waals surface area contributed by atoms with Gasteiger partial charge in [-0.15, -0.1) is 0 Å². The lowest BCUT2D eigenvalue weighted by atomic mass is 9.90. The van der Waals surface area contributed by atoms with Crippen LogP contribution in [0.5, 0.6) is 0 Å². The number of furan rings is 1. The van der Waals surface area contributed by atoms with E-state index in [0.29, 0.717) is 17.9 Å². The van der Waals surface area contributed by atoms with Gasteiger partial charge in [0.25, 0.3) is 5.91 Å². The molecule has 0 N–H and O–H groups in total. The van der Waals surface area contributed by atoms with Crippen molar-refractivity contribution in [1.29, 1.82) is 0 Å². The number of ether oxygens (including phenoxy) is 1. The molecule has 1 aliphatic rings. The lowest BCUT2D eigenvalue weighted by Gasteiger charge is -2.20. The van der Waals surface area contributed by atoms with Crippen LogP contribution in [0.15, 0.2) is 47.1 Å². The molecule has 2 aromatic heterocycles. The first-order chi connectivity index (χ1) is 13.6. The highest BCUT2D eigenvalue weighted by atomic mass is 16.5. The van der Waals surface area contributed by atoms with E-state index < -0.39 is 5.97 Å². The number of esters is 1. The largest absolute Gasteiger partial charge is 0.467 e. The normalized spacial score (nSPS) is 13.2. The molecule has 1 amide bonds. The van der Waals surface area contributed by atoms with Crippen LogP contribution in [0.1, 0.15) is 40.2 Å². The van der Waals surface area contributed by atoms with Crippen LogP contribution >= 0.6 is 0 Å². The summed E-state index contributed by atoms with van der Waals surface area (Å²) in [6.45, 7) is 0.0262. The number of hydrogen-bond donors (Lipinski definition) is 0. The average Bonchev–Trinajstić information content (AvgIpc) is 3.22. The first-order valence-electron chi connectivity index (χ1n) is 9.47. The van der Waals surface area contributed by atoms with Gasteiger partial charge in [0.2, 0.25) is 0 Å². The molecule has 0 bridgehead atoms. The quantitative estimate of drug-likeness (QED) is 0.635. The van der Waals surface area contributed by atoms with Crippen LogP contribution < -0.4 is 0 Å². The lowest BCUT2D eigenvalue weighted by molar-refractivity contribution is -0.133. The minimum absolute atomic E-state index is 0.281. The van der Waals surface area contributed by atoms with Crippen LogP contribution in [0.2, 0.25) is 0 Å². The van der Waals surface area contributed by atoms with Gasteiger partial charge in [-0.1, -0.05) is 18.2 Å². The maximum absolute atomic E-state index is 12.9. The number of benzene rings is 1. The van der Waals surface area contributed by atoms with Gasteiger partial charge in [0, 0.05) is 18.1 Å². The number of carbonyl (C=O) groups is 2. The Balaban J connectivity index is 1.53. The highest BCUT2D eigenvalue weighted by Gasteiger charge is 2.24. The van der Waals surface area contributed by atoms with E-state index in [1.54, 1.807) is 25.4 Å². The molecule has 0 aliphatic heterocycles. The number of aromatic nitrogens is 1. The zero-order valence-corrected chi connectivity index (χ0v) is 15.8. The van der Waals surface area contributed by atoms with E-state index in [-0.39, 0.29) is 12.5 Å². The van der Waals surface area contributed by atoms with Crippen LogP contribution in [0.4, 0.5) is 0 Å². The third-order valence-electron chi connectivity index (χ3n) is 5.10. The molecule has 0 fully saturated rings. The van der Waals surface area contributed by atoms with Crippen molar-refractivity contribution in [2.45, 2.75) is 32.2 Å². The zero-order valence-electron chi connectivity index (χ0n) is 15.8. The molecular weight excluding hydrogens is 356 g/mol. The number of para-hydroxylation sites is 1.